The van der Waals surface area contributed by atoms with Gasteiger partial charge in [0.2, 0.25) is 41.4 Å². The summed E-state index contributed by atoms with van der Waals surface area (Å²) >= 11 is 0. The van der Waals surface area contributed by atoms with Crippen LogP contribution in [-0.4, -0.2) is 112 Å². The highest BCUT2D eigenvalue weighted by Crippen LogP contribution is 2.14. The van der Waals surface area contributed by atoms with E-state index in [1.54, 1.807) is 74.5 Å². The number of rotatable bonds is 35. The van der Waals surface area contributed by atoms with E-state index in [2.05, 4.69) is 38.8 Å². The van der Waals surface area contributed by atoms with E-state index in [1.807, 2.05) is 0 Å². The highest BCUT2D eigenvalue weighted by molar-refractivity contribution is 5.98. The van der Waals surface area contributed by atoms with Crippen LogP contribution < -0.4 is 37.6 Å². The largest absolute Gasteiger partial charge is 0.480 e. The SMILES string of the molecule is CCCCCCCCCCCCCCCC(=O)N[C@H](C(=O)N[C@H](C(=O)N[C@@H](CO)C(=O)N[C@@H](Cc1ccccc1)C(=O)N[C@@H](CC(N)=O)C(=O)N[C@@H](Cc1ccccc1)C(=O)O)C(C)C)[C@@H](C)O. The molecule has 2 aromatic rings. The number of aliphatic hydroxyl groups excluding tert-OH is 2. The van der Waals surface area contributed by atoms with Gasteiger partial charge in [-0.2, -0.15) is 0 Å². The van der Waals surface area contributed by atoms with E-state index in [0.717, 1.165) is 25.7 Å². The maximum atomic E-state index is 13.9. The van der Waals surface area contributed by atoms with E-state index in [0.29, 0.717) is 17.5 Å². The maximum absolute atomic E-state index is 13.9. The molecule has 18 nitrogen and oxygen atoms in total. The van der Waals surface area contributed by atoms with Crippen molar-refractivity contribution in [3.63, 3.8) is 0 Å². The molecule has 2 rings (SSSR count). The summed E-state index contributed by atoms with van der Waals surface area (Å²) in [6, 6.07) is 7.90. The van der Waals surface area contributed by atoms with Crippen molar-refractivity contribution >= 4 is 47.3 Å². The van der Waals surface area contributed by atoms with E-state index in [1.165, 1.54) is 58.3 Å². The molecular weight excluding hydrogens is 875 g/mol. The van der Waals surface area contributed by atoms with E-state index >= 15 is 0 Å². The van der Waals surface area contributed by atoms with Crippen molar-refractivity contribution in [2.75, 3.05) is 6.61 Å². The smallest absolute Gasteiger partial charge is 0.326 e. The minimum absolute atomic E-state index is 0.112. The monoisotopic (exact) mass is 952 g/mol. The molecule has 68 heavy (non-hydrogen) atoms. The number of carbonyl (C=O) groups excluding carboxylic acids is 7. The standard InChI is InChI=1S/C50H77N7O11/c1-5-6-7-8-9-10-11-12-13-14-15-16-23-28-42(61)56-44(34(4)59)49(66)57-43(33(2)3)48(65)55-40(32-58)47(64)52-37(29-35-24-19-17-20-25-35)45(62)53-38(31-41(51)60)46(63)54-39(50(67)68)30-36-26-21-18-22-27-36/h17-22,24-27,33-34,37-40,43-44,58-59H,5-16,23,28-32H2,1-4H3,(H2,51,60)(H,52,64)(H,53,62)(H,54,63)(H,55,65)(H,56,61)(H,57,66)(H,67,68)/t34-,37+,38+,39+,40+,43+,44+/m1/s1. The number of carboxylic acids is 1. The summed E-state index contributed by atoms with van der Waals surface area (Å²) in [5.41, 5.74) is 6.55. The third-order valence-corrected chi connectivity index (χ3v) is 11.5. The third kappa shape index (κ3) is 23.2. The van der Waals surface area contributed by atoms with Crippen molar-refractivity contribution in [1.82, 2.24) is 31.9 Å². The average molecular weight is 952 g/mol. The zero-order valence-electron chi connectivity index (χ0n) is 40.3. The van der Waals surface area contributed by atoms with Crippen LogP contribution in [-0.2, 0) is 51.2 Å². The first-order valence-corrected chi connectivity index (χ1v) is 24.2. The molecule has 0 saturated heterocycles. The molecule has 0 bridgehead atoms. The van der Waals surface area contributed by atoms with E-state index in [4.69, 9.17) is 5.73 Å². The van der Waals surface area contributed by atoms with Gasteiger partial charge in [0.05, 0.1) is 19.1 Å². The molecule has 0 aliphatic rings. The van der Waals surface area contributed by atoms with Crippen molar-refractivity contribution in [2.24, 2.45) is 11.7 Å². The molecular formula is C50H77N7O11. The van der Waals surface area contributed by atoms with Crippen molar-refractivity contribution < 1.29 is 53.7 Å². The van der Waals surface area contributed by atoms with Gasteiger partial charge in [0.1, 0.15) is 36.3 Å². The van der Waals surface area contributed by atoms with Crippen molar-refractivity contribution in [2.45, 2.75) is 179 Å². The van der Waals surface area contributed by atoms with Gasteiger partial charge < -0.3 is 53.0 Å². The molecule has 0 aliphatic heterocycles. The number of aliphatic carboxylic acids is 1. The zero-order chi connectivity index (χ0) is 50.4. The van der Waals surface area contributed by atoms with Crippen LogP contribution in [0.3, 0.4) is 0 Å². The molecule has 0 spiro atoms. The first-order valence-electron chi connectivity index (χ1n) is 24.2. The second-order valence-corrected chi connectivity index (χ2v) is 17.8. The normalized spacial score (nSPS) is 14.2. The number of unbranched alkanes of at least 4 members (excludes halogenated alkanes) is 12. The molecule has 0 radical (unpaired) electrons. The number of benzene rings is 2. The van der Waals surface area contributed by atoms with E-state index in [9.17, 15) is 53.7 Å². The van der Waals surface area contributed by atoms with Crippen molar-refractivity contribution in [1.29, 1.82) is 0 Å². The molecule has 378 valence electrons. The molecule has 0 saturated carbocycles. The van der Waals surface area contributed by atoms with Gasteiger partial charge in [0.25, 0.3) is 0 Å². The second kappa shape index (κ2) is 32.8. The molecule has 0 fully saturated rings. The van der Waals surface area contributed by atoms with Gasteiger partial charge in [-0.25, -0.2) is 4.79 Å². The predicted octanol–water partition coefficient (Wildman–Crippen LogP) is 2.85. The predicted molar refractivity (Wildman–Crippen MR) is 257 cm³/mol. The summed E-state index contributed by atoms with van der Waals surface area (Å²) in [5.74, 6) is -8.16. The van der Waals surface area contributed by atoms with Gasteiger partial charge in [-0.3, -0.25) is 33.6 Å². The van der Waals surface area contributed by atoms with Gasteiger partial charge in [0.15, 0.2) is 0 Å². The lowest BCUT2D eigenvalue weighted by Crippen LogP contribution is -2.62. The van der Waals surface area contributed by atoms with Gasteiger partial charge >= 0.3 is 5.97 Å². The summed E-state index contributed by atoms with van der Waals surface area (Å²) in [7, 11) is 0. The van der Waals surface area contributed by atoms with Crippen LogP contribution >= 0.6 is 0 Å². The summed E-state index contributed by atoms with van der Waals surface area (Å²) in [6.45, 7) is 5.82. The quantitative estimate of drug-likeness (QED) is 0.0448. The Labute approximate surface area is 401 Å². The summed E-state index contributed by atoms with van der Waals surface area (Å²) in [5, 5.41) is 45.4. The molecule has 11 N–H and O–H groups in total. The van der Waals surface area contributed by atoms with Crippen LogP contribution in [0.15, 0.2) is 60.7 Å². The molecule has 0 aromatic heterocycles. The Bertz CT molecular complexity index is 1870. The Morgan fingerprint density at radius 2 is 0.926 bits per heavy atom. The number of nitrogens with two attached hydrogens (primary N) is 1. The fraction of sp³-hybridized carbons (Fsp3) is 0.600. The zero-order valence-corrected chi connectivity index (χ0v) is 40.3. The van der Waals surface area contributed by atoms with Gasteiger partial charge in [-0.1, -0.05) is 158 Å². The van der Waals surface area contributed by atoms with Crippen LogP contribution in [0, 0.1) is 5.92 Å². The highest BCUT2D eigenvalue weighted by Gasteiger charge is 2.35. The van der Waals surface area contributed by atoms with Gasteiger partial charge in [-0.15, -0.1) is 0 Å². The summed E-state index contributed by atoms with van der Waals surface area (Å²) < 4.78 is 0. The van der Waals surface area contributed by atoms with E-state index in [-0.39, 0.29) is 19.3 Å². The minimum atomic E-state index is -1.67. The molecule has 7 atom stereocenters. The first kappa shape index (κ1) is 58.2. The second-order valence-electron chi connectivity index (χ2n) is 17.8. The molecule has 7 amide bonds. The van der Waals surface area contributed by atoms with Crippen LogP contribution in [0.5, 0.6) is 0 Å². The van der Waals surface area contributed by atoms with Crippen LogP contribution in [0.4, 0.5) is 0 Å². The molecule has 18 heteroatoms. The maximum Gasteiger partial charge on any atom is 0.326 e. The first-order chi connectivity index (χ1) is 32.5. The Morgan fingerprint density at radius 3 is 1.38 bits per heavy atom. The number of aliphatic hydroxyl groups is 2. The van der Waals surface area contributed by atoms with Crippen LogP contribution in [0.2, 0.25) is 0 Å². The average Bonchev–Trinajstić information content (AvgIpc) is 3.29. The Kier molecular flexibility index (Phi) is 28.1. The number of hydrogen-bond acceptors (Lipinski definition) is 10. The Hall–Kier alpha value is -5.88. The minimum Gasteiger partial charge on any atom is -0.480 e. The fourth-order valence-electron chi connectivity index (χ4n) is 7.52. The molecule has 0 heterocycles. The number of hydrogen-bond donors (Lipinski definition) is 10. The lowest BCUT2D eigenvalue weighted by molar-refractivity contribution is -0.142. The Balaban J connectivity index is 2.08. The molecule has 0 unspecified atom stereocenters. The van der Waals surface area contributed by atoms with Gasteiger partial charge in [0, 0.05) is 19.3 Å². The van der Waals surface area contributed by atoms with Crippen molar-refractivity contribution in [3.05, 3.63) is 71.8 Å². The molecule has 0 aliphatic carbocycles. The summed E-state index contributed by atoms with van der Waals surface area (Å²) in [4.78, 5) is 105. The van der Waals surface area contributed by atoms with Crippen LogP contribution in [0.1, 0.15) is 135 Å². The third-order valence-electron chi connectivity index (χ3n) is 11.5. The number of amides is 7. The van der Waals surface area contributed by atoms with Crippen molar-refractivity contribution in [3.8, 4) is 0 Å². The topological polar surface area (TPSA) is 295 Å². The number of carbonyl (C=O) groups is 8. The fourth-order valence-corrected chi connectivity index (χ4v) is 7.52. The van der Waals surface area contributed by atoms with Crippen LogP contribution in [0.25, 0.3) is 0 Å². The number of carboxylic acid groups (broad SMARTS) is 1. The number of primary amides is 1. The lowest BCUT2D eigenvalue weighted by Gasteiger charge is -2.28. The lowest BCUT2D eigenvalue weighted by atomic mass is 10.0. The highest BCUT2D eigenvalue weighted by atomic mass is 16.4. The van der Waals surface area contributed by atoms with E-state index < -0.39 is 109 Å². The Morgan fingerprint density at radius 1 is 0.515 bits per heavy atom. The summed E-state index contributed by atoms with van der Waals surface area (Å²) in [6.07, 6.45) is 12.7. The molecule has 2 aromatic carbocycles. The van der Waals surface area contributed by atoms with Gasteiger partial charge in [-0.05, 0) is 30.4 Å². The number of nitrogens with one attached hydrogen (secondary N) is 6.